The number of benzene rings is 2. The number of rotatable bonds is 10. The van der Waals surface area contributed by atoms with Gasteiger partial charge in [-0.05, 0) is 74.8 Å². The fourth-order valence-corrected chi connectivity index (χ4v) is 11.1. The quantitative estimate of drug-likeness (QED) is 0.176. The summed E-state index contributed by atoms with van der Waals surface area (Å²) < 4.78 is 36.9. The van der Waals surface area contributed by atoms with Crippen LogP contribution in [0, 0.1) is 5.92 Å². The Bertz CT molecular complexity index is 2770. The maximum atomic E-state index is 16.1. The van der Waals surface area contributed by atoms with E-state index in [4.69, 9.17) is 5.10 Å². The van der Waals surface area contributed by atoms with Crippen molar-refractivity contribution >= 4 is 63.0 Å². The Morgan fingerprint density at radius 2 is 1.71 bits per heavy atom. The zero-order valence-electron chi connectivity index (χ0n) is 36.8. The average Bonchev–Trinajstić information content (AvgIpc) is 3.58. The Morgan fingerprint density at radius 3 is 2.48 bits per heavy atom. The lowest BCUT2D eigenvalue weighted by Gasteiger charge is -2.47. The molecule has 4 saturated heterocycles. The summed E-state index contributed by atoms with van der Waals surface area (Å²) in [6, 6.07) is 12.7. The predicted molar refractivity (Wildman–Crippen MR) is 243 cm³/mol. The van der Waals surface area contributed by atoms with Gasteiger partial charge in [0.05, 0.1) is 35.5 Å². The van der Waals surface area contributed by atoms with Gasteiger partial charge in [0.25, 0.3) is 11.8 Å². The molecule has 2 aromatic carbocycles. The number of anilines is 5. The van der Waals surface area contributed by atoms with Crippen LogP contribution in [0.2, 0.25) is 0 Å². The predicted octanol–water partition coefficient (Wildman–Crippen LogP) is 3.35. The molecule has 5 aliphatic heterocycles. The van der Waals surface area contributed by atoms with E-state index in [1.807, 2.05) is 41.1 Å². The first kappa shape index (κ1) is 41.6. The van der Waals surface area contributed by atoms with Gasteiger partial charge >= 0.3 is 5.69 Å². The van der Waals surface area contributed by atoms with Crippen molar-refractivity contribution in [3.8, 4) is 0 Å². The molecule has 65 heavy (non-hydrogen) atoms. The van der Waals surface area contributed by atoms with Crippen LogP contribution in [0.3, 0.4) is 0 Å². The molecule has 2 unspecified atom stereocenters. The summed E-state index contributed by atoms with van der Waals surface area (Å²) in [6.45, 7) is 5.63. The van der Waals surface area contributed by atoms with Gasteiger partial charge in [-0.1, -0.05) is 6.07 Å². The first-order valence-electron chi connectivity index (χ1n) is 23.1. The second-order valence-corrected chi connectivity index (χ2v) is 18.7. The number of likely N-dealkylation sites (tertiary alicyclic amines) is 1. The summed E-state index contributed by atoms with van der Waals surface area (Å²) in [4.78, 5) is 66.0. The number of piperazine rings is 1. The van der Waals surface area contributed by atoms with Crippen molar-refractivity contribution in [1.29, 1.82) is 0 Å². The number of aromatic nitrogens is 5. The van der Waals surface area contributed by atoms with E-state index in [-0.39, 0.29) is 48.9 Å². The summed E-state index contributed by atoms with van der Waals surface area (Å²) in [7, 11) is 3.52. The smallest absolute Gasteiger partial charge is 0.329 e. The number of hydrogen-bond donors (Lipinski definition) is 3. The number of alkyl halides is 2. The largest absolute Gasteiger partial charge is 0.385 e. The topological polar surface area (TPSA) is 161 Å². The van der Waals surface area contributed by atoms with Crippen molar-refractivity contribution in [2.45, 2.75) is 69.0 Å². The van der Waals surface area contributed by atoms with Crippen molar-refractivity contribution in [1.82, 2.24) is 44.2 Å². The molecule has 3 amide bonds. The number of fused-ring (bicyclic) bond motifs is 3. The molecule has 0 spiro atoms. The van der Waals surface area contributed by atoms with E-state index in [1.54, 1.807) is 17.8 Å². The summed E-state index contributed by atoms with van der Waals surface area (Å²) in [5, 5.41) is 13.6. The van der Waals surface area contributed by atoms with Gasteiger partial charge in [-0.15, -0.1) is 5.10 Å². The summed E-state index contributed by atoms with van der Waals surface area (Å²) >= 11 is 0. The minimum Gasteiger partial charge on any atom is -0.385 e. The van der Waals surface area contributed by atoms with Crippen LogP contribution in [0.25, 0.3) is 16.7 Å². The molecular formula is C46H55F2N13O4. The van der Waals surface area contributed by atoms with E-state index in [1.165, 1.54) is 20.4 Å². The number of nitrogens with zero attached hydrogens (tertiary/aromatic N) is 10. The minimum atomic E-state index is -2.85. The van der Waals surface area contributed by atoms with Gasteiger partial charge in [-0.25, -0.2) is 23.1 Å². The highest BCUT2D eigenvalue weighted by Crippen LogP contribution is 2.42. The number of amides is 3. The molecule has 342 valence electrons. The van der Waals surface area contributed by atoms with Gasteiger partial charge in [0.15, 0.2) is 17.2 Å². The van der Waals surface area contributed by atoms with Crippen LogP contribution in [0.5, 0.6) is 0 Å². The Balaban J connectivity index is 0.709. The lowest BCUT2D eigenvalue weighted by Crippen LogP contribution is -2.62. The van der Waals surface area contributed by atoms with Crippen molar-refractivity contribution in [3.05, 3.63) is 70.4 Å². The van der Waals surface area contributed by atoms with Crippen LogP contribution in [0.15, 0.2) is 53.5 Å². The zero-order chi connectivity index (χ0) is 44.7. The average molecular weight is 892 g/mol. The third kappa shape index (κ3) is 7.45. The van der Waals surface area contributed by atoms with Crippen LogP contribution in [-0.2, 0) is 23.1 Å². The Hall–Kier alpha value is -6.08. The number of piperidine rings is 2. The maximum absolute atomic E-state index is 16.1. The van der Waals surface area contributed by atoms with Crippen LogP contribution in [0.4, 0.5) is 37.3 Å². The summed E-state index contributed by atoms with van der Waals surface area (Å²) in [5.41, 5.74) is 7.19. The summed E-state index contributed by atoms with van der Waals surface area (Å²) in [5.74, 6) is -2.82. The van der Waals surface area contributed by atoms with Crippen LogP contribution in [-0.4, -0.2) is 142 Å². The van der Waals surface area contributed by atoms with E-state index in [0.29, 0.717) is 68.1 Å². The standard InChI is InChI=1S/C46H55F2N13O4/c1-49-32-23-40(53-61-38(24-50-42(32)61)44(64)51-29-6-7-29)59-17-13-31-33(4-3-5-34(31)59)58-16-12-28(26-58)25-55-15-14-39(46(47,48)27-55)57-20-18-56(19-21-57)30-8-9-35-37(22-30)54(2)45(65)60(35)36-10-11-41(62)52-43(36)63/h3-5,8-9,22-24,28-29,36,39,49H,6-7,10-21,25-27H2,1-2H3,(H,51,64)(H,52,62,63)/t28-,36?,39?/m1/s1. The van der Waals surface area contributed by atoms with Crippen LogP contribution in [0.1, 0.15) is 60.6 Å². The Labute approximate surface area is 374 Å². The number of hydrogen-bond acceptors (Lipinski definition) is 12. The minimum absolute atomic E-state index is 0.172. The normalized spacial score (nSPS) is 24.0. The van der Waals surface area contributed by atoms with Crippen molar-refractivity contribution in [3.63, 3.8) is 0 Å². The molecule has 3 atom stereocenters. The third-order valence-corrected chi connectivity index (χ3v) is 14.6. The number of halogens is 2. The van der Waals surface area contributed by atoms with Gasteiger partial charge in [0.1, 0.15) is 6.04 Å². The molecule has 11 rings (SSSR count). The molecule has 19 heteroatoms. The van der Waals surface area contributed by atoms with Crippen LogP contribution < -0.4 is 36.3 Å². The van der Waals surface area contributed by atoms with Crippen LogP contribution >= 0.6 is 0 Å². The SMILES string of the molecule is CNc1cc(N2CCc3c(N4CC[C@H](CN5CCC(N6CCN(c7ccc8c(c7)n(C)c(=O)n8C7CCC(=O)NC7=O)CC6)C(F)(F)C5)C4)cccc32)nn2c(C(=O)NC3CC3)cnc12. The molecule has 8 heterocycles. The monoisotopic (exact) mass is 891 g/mol. The number of carbonyl (C=O) groups is 3. The molecule has 0 bridgehead atoms. The van der Waals surface area contributed by atoms with Gasteiger partial charge in [0.2, 0.25) is 11.8 Å². The maximum Gasteiger partial charge on any atom is 0.329 e. The van der Waals surface area contributed by atoms with E-state index < -0.39 is 23.9 Å². The fraction of sp³-hybridized carbons (Fsp3) is 0.522. The number of aryl methyl sites for hydroxylation is 1. The van der Waals surface area contributed by atoms with Gasteiger partial charge < -0.3 is 25.3 Å². The molecule has 5 fully saturated rings. The van der Waals surface area contributed by atoms with Gasteiger partial charge in [-0.3, -0.25) is 38.6 Å². The summed E-state index contributed by atoms with van der Waals surface area (Å²) in [6.07, 6.45) is 6.20. The Morgan fingerprint density at radius 1 is 0.892 bits per heavy atom. The van der Waals surface area contributed by atoms with E-state index in [0.717, 1.165) is 68.2 Å². The molecule has 6 aliphatic rings. The molecule has 0 radical (unpaired) electrons. The number of imidazole rings is 2. The second kappa shape index (κ2) is 16.1. The molecule has 17 nitrogen and oxygen atoms in total. The molecule has 1 aliphatic carbocycles. The first-order chi connectivity index (χ1) is 31.4. The van der Waals surface area contributed by atoms with Crippen molar-refractivity contribution in [2.75, 3.05) is 92.5 Å². The number of imide groups is 1. The van der Waals surface area contributed by atoms with E-state index in [9.17, 15) is 19.2 Å². The molecule has 1 saturated carbocycles. The van der Waals surface area contributed by atoms with Crippen molar-refractivity contribution < 1.29 is 23.2 Å². The molecule has 5 aromatic rings. The van der Waals surface area contributed by atoms with Gasteiger partial charge in [-0.2, -0.15) is 0 Å². The zero-order valence-corrected chi connectivity index (χ0v) is 36.8. The number of carbonyl (C=O) groups excluding carboxylic acids is 3. The van der Waals surface area contributed by atoms with E-state index >= 15 is 8.78 Å². The molecule has 3 N–H and O–H groups in total. The lowest BCUT2D eigenvalue weighted by molar-refractivity contribution is -0.135. The van der Waals surface area contributed by atoms with Crippen molar-refractivity contribution in [2.24, 2.45) is 13.0 Å². The fourth-order valence-electron chi connectivity index (χ4n) is 11.1. The lowest BCUT2D eigenvalue weighted by atomic mass is 9.96. The number of nitrogens with one attached hydrogen (secondary N) is 3. The first-order valence-corrected chi connectivity index (χ1v) is 23.1. The highest BCUT2D eigenvalue weighted by molar-refractivity contribution is 6.00. The van der Waals surface area contributed by atoms with Gasteiger partial charge in [0, 0.05) is 114 Å². The molecule has 3 aromatic heterocycles. The highest BCUT2D eigenvalue weighted by atomic mass is 19.3. The molecular weight excluding hydrogens is 837 g/mol. The second-order valence-electron chi connectivity index (χ2n) is 18.7. The highest BCUT2D eigenvalue weighted by Gasteiger charge is 2.48. The Kier molecular flexibility index (Phi) is 10.3. The van der Waals surface area contributed by atoms with E-state index in [2.05, 4.69) is 53.8 Å². The third-order valence-electron chi connectivity index (χ3n) is 14.6.